The molecule has 108 valence electrons. The van der Waals surface area contributed by atoms with Gasteiger partial charge in [0.15, 0.2) is 0 Å². The lowest BCUT2D eigenvalue weighted by molar-refractivity contribution is -0.121. The monoisotopic (exact) mass is 273 g/mol. The van der Waals surface area contributed by atoms with Gasteiger partial charge in [-0.05, 0) is 37.8 Å². The third-order valence-electron chi connectivity index (χ3n) is 4.32. The first-order valence-electron chi connectivity index (χ1n) is 7.50. The van der Waals surface area contributed by atoms with E-state index in [1.165, 1.54) is 29.7 Å². The Bertz CT molecular complexity index is 510. The van der Waals surface area contributed by atoms with Crippen molar-refractivity contribution in [3.05, 3.63) is 29.3 Å². The minimum atomic E-state index is -0.169. The zero-order chi connectivity index (χ0) is 14.1. The number of aryl methyl sites for hydroxylation is 1. The van der Waals surface area contributed by atoms with E-state index in [1.807, 2.05) is 0 Å². The zero-order valence-electron chi connectivity index (χ0n) is 12.1. The average Bonchev–Trinajstić information content (AvgIpc) is 3.11. The Hall–Kier alpha value is -1.55. The maximum absolute atomic E-state index is 11.3. The molecule has 2 fully saturated rings. The van der Waals surface area contributed by atoms with Crippen LogP contribution in [0.3, 0.4) is 0 Å². The molecule has 4 heteroatoms. The van der Waals surface area contributed by atoms with Gasteiger partial charge in [-0.3, -0.25) is 4.79 Å². The summed E-state index contributed by atoms with van der Waals surface area (Å²) >= 11 is 0. The number of primary amides is 1. The highest BCUT2D eigenvalue weighted by atomic mass is 16.1. The molecule has 1 aliphatic carbocycles. The second kappa shape index (κ2) is 5.44. The van der Waals surface area contributed by atoms with E-state index in [0.29, 0.717) is 6.04 Å². The normalized spacial score (nSPS) is 22.2. The van der Waals surface area contributed by atoms with Crippen molar-refractivity contribution in [3.8, 4) is 0 Å². The molecule has 20 heavy (non-hydrogen) atoms. The molecular weight excluding hydrogens is 250 g/mol. The van der Waals surface area contributed by atoms with Crippen molar-refractivity contribution in [2.24, 2.45) is 11.7 Å². The zero-order valence-corrected chi connectivity index (χ0v) is 12.1. The number of carbonyl (C=O) groups excluding carboxylic acids is 1. The molecular formula is C16H23N3O. The van der Waals surface area contributed by atoms with E-state index in [9.17, 15) is 4.79 Å². The summed E-state index contributed by atoms with van der Waals surface area (Å²) < 4.78 is 0. The second-order valence-electron chi connectivity index (χ2n) is 6.12. The van der Waals surface area contributed by atoms with Crippen molar-refractivity contribution in [1.82, 2.24) is 5.32 Å². The molecule has 0 bridgehead atoms. The van der Waals surface area contributed by atoms with Crippen molar-refractivity contribution in [3.63, 3.8) is 0 Å². The van der Waals surface area contributed by atoms with Crippen molar-refractivity contribution < 1.29 is 4.79 Å². The van der Waals surface area contributed by atoms with E-state index in [4.69, 9.17) is 5.73 Å². The molecule has 3 rings (SSSR count). The fraction of sp³-hybridized carbons (Fsp3) is 0.562. The first-order valence-corrected chi connectivity index (χ1v) is 7.50. The van der Waals surface area contributed by atoms with E-state index in [1.54, 1.807) is 0 Å². The molecule has 1 unspecified atom stereocenters. The summed E-state index contributed by atoms with van der Waals surface area (Å²) in [5.41, 5.74) is 9.31. The molecule has 3 N–H and O–H groups in total. The Morgan fingerprint density at radius 3 is 2.85 bits per heavy atom. The Morgan fingerprint density at radius 1 is 1.40 bits per heavy atom. The Balaban J connectivity index is 1.75. The first kappa shape index (κ1) is 13.4. The fourth-order valence-corrected chi connectivity index (χ4v) is 2.92. The summed E-state index contributed by atoms with van der Waals surface area (Å²) in [6, 6.07) is 7.29. The third-order valence-corrected chi connectivity index (χ3v) is 4.32. The number of benzene rings is 1. The highest BCUT2D eigenvalue weighted by molar-refractivity contribution is 5.78. The van der Waals surface area contributed by atoms with E-state index < -0.39 is 0 Å². The topological polar surface area (TPSA) is 58.4 Å². The van der Waals surface area contributed by atoms with Gasteiger partial charge < -0.3 is 16.0 Å². The van der Waals surface area contributed by atoms with Gasteiger partial charge in [-0.2, -0.15) is 0 Å². The smallest absolute Gasteiger partial charge is 0.222 e. The van der Waals surface area contributed by atoms with Crippen molar-refractivity contribution in [2.75, 3.05) is 18.0 Å². The molecule has 0 aromatic heterocycles. The van der Waals surface area contributed by atoms with Crippen LogP contribution in [0, 0.1) is 12.8 Å². The summed E-state index contributed by atoms with van der Waals surface area (Å²) in [6.45, 7) is 4.72. The SMILES string of the molecule is Cc1ccc(N2CCC(C(N)=O)C2)c(CNC2CC2)c1. The summed E-state index contributed by atoms with van der Waals surface area (Å²) in [5, 5.41) is 3.58. The van der Waals surface area contributed by atoms with Gasteiger partial charge in [-0.15, -0.1) is 0 Å². The van der Waals surface area contributed by atoms with Gasteiger partial charge in [-0.25, -0.2) is 0 Å². The number of carbonyl (C=O) groups is 1. The third kappa shape index (κ3) is 2.96. The predicted molar refractivity (Wildman–Crippen MR) is 80.6 cm³/mol. The number of nitrogens with one attached hydrogen (secondary N) is 1. The highest BCUT2D eigenvalue weighted by Gasteiger charge is 2.28. The molecule has 0 spiro atoms. The van der Waals surface area contributed by atoms with Crippen molar-refractivity contribution in [2.45, 2.75) is 38.8 Å². The van der Waals surface area contributed by atoms with Gasteiger partial charge in [0, 0.05) is 31.4 Å². The van der Waals surface area contributed by atoms with Crippen LogP contribution >= 0.6 is 0 Å². The van der Waals surface area contributed by atoms with Crippen LogP contribution in [0.1, 0.15) is 30.4 Å². The molecule has 1 saturated carbocycles. The van der Waals surface area contributed by atoms with Crippen LogP contribution < -0.4 is 16.0 Å². The summed E-state index contributed by atoms with van der Waals surface area (Å²) in [6.07, 6.45) is 3.47. The molecule has 0 radical (unpaired) electrons. The number of rotatable bonds is 5. The number of hydrogen-bond donors (Lipinski definition) is 2. The lowest BCUT2D eigenvalue weighted by Crippen LogP contribution is -2.28. The van der Waals surface area contributed by atoms with E-state index in [-0.39, 0.29) is 11.8 Å². The Morgan fingerprint density at radius 2 is 2.20 bits per heavy atom. The van der Waals surface area contributed by atoms with E-state index in [0.717, 1.165) is 26.1 Å². The van der Waals surface area contributed by atoms with Crippen molar-refractivity contribution >= 4 is 11.6 Å². The maximum atomic E-state index is 11.3. The van der Waals surface area contributed by atoms with Gasteiger partial charge in [0.2, 0.25) is 5.91 Å². The van der Waals surface area contributed by atoms with Gasteiger partial charge in [0.1, 0.15) is 0 Å². The predicted octanol–water partition coefficient (Wildman–Crippen LogP) is 1.56. The van der Waals surface area contributed by atoms with Crippen LogP contribution in [0.25, 0.3) is 0 Å². The van der Waals surface area contributed by atoms with Crippen LogP contribution in [-0.4, -0.2) is 25.0 Å². The van der Waals surface area contributed by atoms with Crippen LogP contribution in [0.15, 0.2) is 18.2 Å². The number of nitrogens with two attached hydrogens (primary N) is 1. The molecule has 1 heterocycles. The lowest BCUT2D eigenvalue weighted by atomic mass is 10.1. The largest absolute Gasteiger partial charge is 0.370 e. The highest BCUT2D eigenvalue weighted by Crippen LogP contribution is 2.29. The van der Waals surface area contributed by atoms with Crippen LogP contribution in [0.4, 0.5) is 5.69 Å². The quantitative estimate of drug-likeness (QED) is 0.856. The second-order valence-corrected chi connectivity index (χ2v) is 6.12. The molecule has 1 aromatic rings. The van der Waals surface area contributed by atoms with Gasteiger partial charge in [-0.1, -0.05) is 17.7 Å². The standard InChI is InChI=1S/C16H23N3O/c1-11-2-5-15(13(8-11)9-18-14-3-4-14)19-7-6-12(10-19)16(17)20/h2,5,8,12,14,18H,3-4,6-7,9-10H2,1H3,(H2,17,20). The maximum Gasteiger partial charge on any atom is 0.222 e. The Labute approximate surface area is 120 Å². The fourth-order valence-electron chi connectivity index (χ4n) is 2.92. The van der Waals surface area contributed by atoms with E-state index in [2.05, 4.69) is 35.3 Å². The van der Waals surface area contributed by atoms with Gasteiger partial charge in [0.25, 0.3) is 0 Å². The molecule has 1 saturated heterocycles. The number of hydrogen-bond acceptors (Lipinski definition) is 3. The molecule has 1 amide bonds. The number of amides is 1. The van der Waals surface area contributed by atoms with Crippen LogP contribution in [-0.2, 0) is 11.3 Å². The molecule has 4 nitrogen and oxygen atoms in total. The summed E-state index contributed by atoms with van der Waals surface area (Å²) in [5.74, 6) is -0.169. The van der Waals surface area contributed by atoms with Gasteiger partial charge in [0.05, 0.1) is 5.92 Å². The van der Waals surface area contributed by atoms with Crippen molar-refractivity contribution in [1.29, 1.82) is 0 Å². The first-order chi connectivity index (χ1) is 9.63. The van der Waals surface area contributed by atoms with Crippen LogP contribution in [0.2, 0.25) is 0 Å². The average molecular weight is 273 g/mol. The van der Waals surface area contributed by atoms with E-state index >= 15 is 0 Å². The Kier molecular flexibility index (Phi) is 3.66. The number of nitrogens with zero attached hydrogens (tertiary/aromatic N) is 1. The minimum Gasteiger partial charge on any atom is -0.370 e. The molecule has 2 aliphatic rings. The molecule has 1 atom stereocenters. The summed E-state index contributed by atoms with van der Waals surface area (Å²) in [7, 11) is 0. The van der Waals surface area contributed by atoms with Crippen LogP contribution in [0.5, 0.6) is 0 Å². The summed E-state index contributed by atoms with van der Waals surface area (Å²) in [4.78, 5) is 13.6. The molecule has 1 aromatic carbocycles. The molecule has 1 aliphatic heterocycles. The lowest BCUT2D eigenvalue weighted by Gasteiger charge is -2.22. The van der Waals surface area contributed by atoms with Gasteiger partial charge >= 0.3 is 0 Å². The number of anilines is 1. The minimum absolute atomic E-state index is 0.000504.